The average Bonchev–Trinajstić information content (AvgIpc) is 2.39. The Hall–Kier alpha value is -1.06. The molecule has 3 nitrogen and oxygen atoms in total. The van der Waals surface area contributed by atoms with Crippen molar-refractivity contribution in [2.45, 2.75) is 25.5 Å². The van der Waals surface area contributed by atoms with Crippen molar-refractivity contribution in [2.75, 3.05) is 32.1 Å². The van der Waals surface area contributed by atoms with Crippen molar-refractivity contribution in [3.8, 4) is 0 Å². The van der Waals surface area contributed by atoms with Gasteiger partial charge in [-0.25, -0.2) is 0 Å². The van der Waals surface area contributed by atoms with E-state index in [1.807, 2.05) is 18.2 Å². The largest absolute Gasteiger partial charge is 0.392 e. The molecule has 0 amide bonds. The minimum atomic E-state index is 0.129. The summed E-state index contributed by atoms with van der Waals surface area (Å²) >= 11 is 0. The molecule has 1 aromatic rings. The Bertz CT molecular complexity index is 357. The summed E-state index contributed by atoms with van der Waals surface area (Å²) in [5.41, 5.74) is 2.24. The van der Waals surface area contributed by atoms with E-state index in [0.717, 1.165) is 18.7 Å². The molecule has 17 heavy (non-hydrogen) atoms. The second kappa shape index (κ2) is 5.52. The van der Waals surface area contributed by atoms with Gasteiger partial charge < -0.3 is 14.9 Å². The van der Waals surface area contributed by atoms with Crippen LogP contribution in [-0.4, -0.2) is 43.2 Å². The molecule has 0 saturated carbocycles. The smallest absolute Gasteiger partial charge is 0.0702 e. The SMILES string of the molecule is CN(C)C1CCN(c2ccccc2CO)CC1. The number of benzene rings is 1. The topological polar surface area (TPSA) is 26.7 Å². The van der Waals surface area contributed by atoms with Crippen LogP contribution < -0.4 is 4.90 Å². The van der Waals surface area contributed by atoms with Crippen LogP contribution in [0.1, 0.15) is 18.4 Å². The van der Waals surface area contributed by atoms with Gasteiger partial charge in [0.2, 0.25) is 0 Å². The van der Waals surface area contributed by atoms with Crippen LogP contribution in [0.5, 0.6) is 0 Å². The summed E-state index contributed by atoms with van der Waals surface area (Å²) in [4.78, 5) is 4.71. The van der Waals surface area contributed by atoms with Crippen LogP contribution in [0.3, 0.4) is 0 Å². The van der Waals surface area contributed by atoms with Gasteiger partial charge in [-0.2, -0.15) is 0 Å². The Morgan fingerprint density at radius 2 is 1.88 bits per heavy atom. The van der Waals surface area contributed by atoms with Crippen molar-refractivity contribution in [3.63, 3.8) is 0 Å². The number of nitrogens with zero attached hydrogens (tertiary/aromatic N) is 2. The van der Waals surface area contributed by atoms with Gasteiger partial charge in [0.05, 0.1) is 6.61 Å². The predicted molar refractivity (Wildman–Crippen MR) is 71.3 cm³/mol. The van der Waals surface area contributed by atoms with E-state index in [4.69, 9.17) is 0 Å². The van der Waals surface area contributed by atoms with Crippen molar-refractivity contribution < 1.29 is 5.11 Å². The fourth-order valence-corrected chi connectivity index (χ4v) is 2.58. The van der Waals surface area contributed by atoms with Crippen LogP contribution in [0.2, 0.25) is 0 Å². The lowest BCUT2D eigenvalue weighted by Gasteiger charge is -2.37. The first-order valence-electron chi connectivity index (χ1n) is 6.32. The molecule has 1 N–H and O–H groups in total. The monoisotopic (exact) mass is 234 g/mol. The Morgan fingerprint density at radius 3 is 2.47 bits per heavy atom. The number of hydrogen-bond acceptors (Lipinski definition) is 3. The van der Waals surface area contributed by atoms with Gasteiger partial charge in [-0.3, -0.25) is 0 Å². The number of aliphatic hydroxyl groups is 1. The zero-order chi connectivity index (χ0) is 12.3. The molecule has 0 bridgehead atoms. The van der Waals surface area contributed by atoms with Crippen molar-refractivity contribution in [3.05, 3.63) is 29.8 Å². The van der Waals surface area contributed by atoms with Crippen molar-refractivity contribution >= 4 is 5.69 Å². The zero-order valence-electron chi connectivity index (χ0n) is 10.8. The molecule has 0 atom stereocenters. The Labute approximate surface area is 104 Å². The van der Waals surface area contributed by atoms with E-state index in [2.05, 4.69) is 30.0 Å². The van der Waals surface area contributed by atoms with Gasteiger partial charge in [0.15, 0.2) is 0 Å². The Morgan fingerprint density at radius 1 is 1.24 bits per heavy atom. The van der Waals surface area contributed by atoms with E-state index in [0.29, 0.717) is 6.04 Å². The maximum atomic E-state index is 9.35. The molecule has 0 unspecified atom stereocenters. The predicted octanol–water partition coefficient (Wildman–Crippen LogP) is 1.71. The molecule has 1 saturated heterocycles. The lowest BCUT2D eigenvalue weighted by molar-refractivity contribution is 0.248. The molecule has 1 fully saturated rings. The van der Waals surface area contributed by atoms with E-state index in [-0.39, 0.29) is 6.61 Å². The van der Waals surface area contributed by atoms with Crippen LogP contribution >= 0.6 is 0 Å². The highest BCUT2D eigenvalue weighted by atomic mass is 16.3. The minimum Gasteiger partial charge on any atom is -0.392 e. The molecule has 1 heterocycles. The number of para-hydroxylation sites is 1. The van der Waals surface area contributed by atoms with E-state index in [1.54, 1.807) is 0 Å². The van der Waals surface area contributed by atoms with Crippen molar-refractivity contribution in [1.29, 1.82) is 0 Å². The van der Waals surface area contributed by atoms with Gasteiger partial charge >= 0.3 is 0 Å². The molecule has 0 aromatic heterocycles. The summed E-state index contributed by atoms with van der Waals surface area (Å²) in [7, 11) is 4.31. The third kappa shape index (κ3) is 2.79. The van der Waals surface area contributed by atoms with Gasteiger partial charge in [-0.05, 0) is 33.0 Å². The van der Waals surface area contributed by atoms with Crippen molar-refractivity contribution in [2.24, 2.45) is 0 Å². The highest BCUT2D eigenvalue weighted by Gasteiger charge is 2.21. The van der Waals surface area contributed by atoms with E-state index >= 15 is 0 Å². The molecule has 3 heteroatoms. The van der Waals surface area contributed by atoms with Crippen LogP contribution in [0.4, 0.5) is 5.69 Å². The molecule has 1 aliphatic heterocycles. The summed E-state index contributed by atoms with van der Waals surface area (Å²) in [5.74, 6) is 0. The maximum Gasteiger partial charge on any atom is 0.0702 e. The highest BCUT2D eigenvalue weighted by Crippen LogP contribution is 2.25. The maximum absolute atomic E-state index is 9.35. The molecular formula is C14H22N2O. The van der Waals surface area contributed by atoms with Crippen molar-refractivity contribution in [1.82, 2.24) is 4.90 Å². The molecule has 1 aromatic carbocycles. The van der Waals surface area contributed by atoms with Crippen LogP contribution in [-0.2, 0) is 6.61 Å². The standard InChI is InChI=1S/C14H22N2O/c1-15(2)13-7-9-16(10-8-13)14-6-4-3-5-12(14)11-17/h3-6,13,17H,7-11H2,1-2H3. The third-order valence-electron chi connectivity index (χ3n) is 3.70. The summed E-state index contributed by atoms with van der Waals surface area (Å²) in [6.07, 6.45) is 2.40. The summed E-state index contributed by atoms with van der Waals surface area (Å²) < 4.78 is 0. The summed E-state index contributed by atoms with van der Waals surface area (Å²) in [6, 6.07) is 8.86. The number of aliphatic hydroxyl groups excluding tert-OH is 1. The quantitative estimate of drug-likeness (QED) is 0.862. The van der Waals surface area contributed by atoms with E-state index < -0.39 is 0 Å². The first-order valence-corrected chi connectivity index (χ1v) is 6.32. The second-order valence-electron chi connectivity index (χ2n) is 4.97. The van der Waals surface area contributed by atoms with Crippen LogP contribution in [0, 0.1) is 0 Å². The number of rotatable bonds is 3. The normalized spacial score (nSPS) is 17.8. The number of hydrogen-bond donors (Lipinski definition) is 1. The van der Waals surface area contributed by atoms with Gasteiger partial charge in [-0.15, -0.1) is 0 Å². The first kappa shape index (κ1) is 12.4. The third-order valence-corrected chi connectivity index (χ3v) is 3.70. The van der Waals surface area contributed by atoms with E-state index in [9.17, 15) is 5.11 Å². The molecule has 0 radical (unpaired) electrons. The highest BCUT2D eigenvalue weighted by molar-refractivity contribution is 5.53. The lowest BCUT2D eigenvalue weighted by Crippen LogP contribution is -2.42. The molecular weight excluding hydrogens is 212 g/mol. The zero-order valence-corrected chi connectivity index (χ0v) is 10.8. The number of piperidine rings is 1. The van der Waals surface area contributed by atoms with Gasteiger partial charge in [-0.1, -0.05) is 18.2 Å². The van der Waals surface area contributed by atoms with Gasteiger partial charge in [0, 0.05) is 30.4 Å². The minimum absolute atomic E-state index is 0.129. The fourth-order valence-electron chi connectivity index (χ4n) is 2.58. The van der Waals surface area contributed by atoms with Gasteiger partial charge in [0.1, 0.15) is 0 Å². The van der Waals surface area contributed by atoms with Crippen LogP contribution in [0.25, 0.3) is 0 Å². The molecule has 1 aliphatic rings. The molecule has 0 aliphatic carbocycles. The number of anilines is 1. The fraction of sp³-hybridized carbons (Fsp3) is 0.571. The summed E-state index contributed by atoms with van der Waals surface area (Å²) in [6.45, 7) is 2.30. The Kier molecular flexibility index (Phi) is 4.02. The van der Waals surface area contributed by atoms with E-state index in [1.165, 1.54) is 18.5 Å². The lowest BCUT2D eigenvalue weighted by atomic mass is 10.0. The first-order chi connectivity index (χ1) is 8.22. The molecule has 94 valence electrons. The second-order valence-corrected chi connectivity index (χ2v) is 4.97. The summed E-state index contributed by atoms with van der Waals surface area (Å²) in [5, 5.41) is 9.35. The average molecular weight is 234 g/mol. The molecule has 0 spiro atoms. The Balaban J connectivity index is 2.05. The molecule has 2 rings (SSSR count). The van der Waals surface area contributed by atoms with Crippen LogP contribution in [0.15, 0.2) is 24.3 Å². The van der Waals surface area contributed by atoms with Gasteiger partial charge in [0.25, 0.3) is 0 Å².